The predicted octanol–water partition coefficient (Wildman–Crippen LogP) is 2.34. The van der Waals surface area contributed by atoms with Crippen molar-refractivity contribution < 1.29 is 13.5 Å². The summed E-state index contributed by atoms with van der Waals surface area (Å²) in [6.07, 6.45) is 1.30. The lowest BCUT2D eigenvalue weighted by atomic mass is 10.4. The molecular formula is C12H18O3S2. The van der Waals surface area contributed by atoms with Gasteiger partial charge < -0.3 is 5.11 Å². The van der Waals surface area contributed by atoms with E-state index >= 15 is 0 Å². The maximum Gasteiger partial charge on any atom is 0.179 e. The molecule has 0 aromatic heterocycles. The molecule has 0 unspecified atom stereocenters. The van der Waals surface area contributed by atoms with E-state index in [9.17, 15) is 8.42 Å². The van der Waals surface area contributed by atoms with E-state index in [0.29, 0.717) is 17.7 Å². The second-order valence-electron chi connectivity index (χ2n) is 3.69. The lowest BCUT2D eigenvalue weighted by Crippen LogP contribution is -2.07. The van der Waals surface area contributed by atoms with Crippen LogP contribution in [0.15, 0.2) is 34.1 Å². The zero-order valence-corrected chi connectivity index (χ0v) is 11.6. The molecule has 96 valence electrons. The van der Waals surface area contributed by atoms with Crippen molar-refractivity contribution in [2.24, 2.45) is 0 Å². The molecule has 0 amide bonds. The van der Waals surface area contributed by atoms with Crippen molar-refractivity contribution in [1.82, 2.24) is 0 Å². The van der Waals surface area contributed by atoms with Crippen molar-refractivity contribution in [3.8, 4) is 0 Å². The van der Waals surface area contributed by atoms with Crippen LogP contribution in [0, 0.1) is 0 Å². The van der Waals surface area contributed by atoms with E-state index in [-0.39, 0.29) is 12.4 Å². The average Bonchev–Trinajstić information content (AvgIpc) is 2.30. The summed E-state index contributed by atoms with van der Waals surface area (Å²) in [6.45, 7) is 2.00. The Balaban J connectivity index is 2.91. The summed E-state index contributed by atoms with van der Waals surface area (Å²) >= 11 is 1.49. The van der Waals surface area contributed by atoms with E-state index < -0.39 is 9.84 Å². The van der Waals surface area contributed by atoms with Crippen molar-refractivity contribution in [1.29, 1.82) is 0 Å². The molecule has 0 fully saturated rings. The second-order valence-corrected chi connectivity index (χ2v) is 6.91. The number of hydrogen-bond donors (Lipinski definition) is 1. The molecule has 1 rings (SSSR count). The Hall–Kier alpha value is -0.520. The quantitative estimate of drug-likeness (QED) is 0.612. The van der Waals surface area contributed by atoms with Crippen molar-refractivity contribution in [2.75, 3.05) is 18.1 Å². The first-order valence-electron chi connectivity index (χ1n) is 5.67. The van der Waals surface area contributed by atoms with Crippen molar-refractivity contribution >= 4 is 21.6 Å². The molecule has 0 saturated heterocycles. The van der Waals surface area contributed by atoms with Gasteiger partial charge >= 0.3 is 0 Å². The van der Waals surface area contributed by atoms with Crippen LogP contribution in [-0.2, 0) is 9.84 Å². The Kier molecular flexibility index (Phi) is 6.02. The van der Waals surface area contributed by atoms with E-state index in [1.165, 1.54) is 11.8 Å². The van der Waals surface area contributed by atoms with E-state index in [4.69, 9.17) is 5.11 Å². The highest BCUT2D eigenvalue weighted by Gasteiger charge is 2.17. The molecule has 0 radical (unpaired) electrons. The molecule has 0 aliphatic heterocycles. The third-order valence-corrected chi connectivity index (χ3v) is 5.48. The molecule has 0 saturated carbocycles. The van der Waals surface area contributed by atoms with Crippen LogP contribution in [0.4, 0.5) is 0 Å². The highest BCUT2D eigenvalue weighted by molar-refractivity contribution is 8.00. The minimum absolute atomic E-state index is 0.136. The first-order valence-corrected chi connectivity index (χ1v) is 8.31. The molecule has 1 N–H and O–H groups in total. The van der Waals surface area contributed by atoms with Crippen LogP contribution in [0.3, 0.4) is 0 Å². The number of thioether (sulfide) groups is 1. The molecule has 5 heteroatoms. The van der Waals surface area contributed by atoms with Gasteiger partial charge in [-0.15, -0.1) is 11.8 Å². The van der Waals surface area contributed by atoms with Gasteiger partial charge in [0.15, 0.2) is 9.84 Å². The molecule has 0 spiro atoms. The third-order valence-electron chi connectivity index (χ3n) is 2.22. The van der Waals surface area contributed by atoms with Gasteiger partial charge in [-0.25, -0.2) is 8.42 Å². The fourth-order valence-corrected chi connectivity index (χ4v) is 4.31. The number of sulfone groups is 1. The van der Waals surface area contributed by atoms with Gasteiger partial charge in [-0.2, -0.15) is 0 Å². The first kappa shape index (κ1) is 14.5. The van der Waals surface area contributed by atoms with Crippen LogP contribution >= 0.6 is 11.8 Å². The topological polar surface area (TPSA) is 54.4 Å². The van der Waals surface area contributed by atoms with Crippen LogP contribution < -0.4 is 0 Å². The molecule has 0 heterocycles. The summed E-state index contributed by atoms with van der Waals surface area (Å²) in [4.78, 5) is 1.21. The molecule has 0 aliphatic carbocycles. The maximum absolute atomic E-state index is 12.0. The monoisotopic (exact) mass is 274 g/mol. The van der Waals surface area contributed by atoms with Crippen LogP contribution in [0.5, 0.6) is 0 Å². The fraction of sp³-hybridized carbons (Fsp3) is 0.500. The molecule has 3 nitrogen and oxygen atoms in total. The van der Waals surface area contributed by atoms with E-state index in [1.54, 1.807) is 12.1 Å². The molecule has 0 atom stereocenters. The van der Waals surface area contributed by atoms with Gasteiger partial charge in [-0.3, -0.25) is 0 Å². The first-order chi connectivity index (χ1) is 8.11. The van der Waals surface area contributed by atoms with Gasteiger partial charge in [0.2, 0.25) is 0 Å². The number of benzene rings is 1. The summed E-state index contributed by atoms with van der Waals surface area (Å²) in [5.41, 5.74) is 0. The molecule has 0 aliphatic rings. The minimum Gasteiger partial charge on any atom is -0.396 e. The Morgan fingerprint density at radius 2 is 2.00 bits per heavy atom. The van der Waals surface area contributed by atoms with Crippen LogP contribution in [0.1, 0.15) is 19.8 Å². The normalized spacial score (nSPS) is 11.6. The SMILES string of the molecule is CCCS(=O)(=O)c1ccccc1SCCCO. The summed E-state index contributed by atoms with van der Waals surface area (Å²) in [6, 6.07) is 7.07. The Bertz CT molecular complexity index is 441. The van der Waals surface area contributed by atoms with Gasteiger partial charge in [0, 0.05) is 17.3 Å². The van der Waals surface area contributed by atoms with E-state index in [2.05, 4.69) is 0 Å². The van der Waals surface area contributed by atoms with Crippen LogP contribution in [0.2, 0.25) is 0 Å². The highest BCUT2D eigenvalue weighted by Crippen LogP contribution is 2.27. The summed E-state index contributed by atoms with van der Waals surface area (Å²) in [5.74, 6) is 0.916. The van der Waals surface area contributed by atoms with E-state index in [0.717, 1.165) is 10.6 Å². The summed E-state index contributed by atoms with van der Waals surface area (Å²) in [5, 5.41) is 8.73. The molecular weight excluding hydrogens is 256 g/mol. The fourth-order valence-electron chi connectivity index (χ4n) is 1.45. The Morgan fingerprint density at radius 1 is 1.29 bits per heavy atom. The summed E-state index contributed by atoms with van der Waals surface area (Å²) < 4.78 is 24.0. The standard InChI is InChI=1S/C12H18O3S2/c1-2-10-17(14,15)12-7-4-3-6-11(12)16-9-5-8-13/h3-4,6-7,13H,2,5,8-10H2,1H3. The lowest BCUT2D eigenvalue weighted by Gasteiger charge is -2.09. The van der Waals surface area contributed by atoms with Crippen LogP contribution in [0.25, 0.3) is 0 Å². The van der Waals surface area contributed by atoms with Gasteiger partial charge in [0.25, 0.3) is 0 Å². The smallest absolute Gasteiger partial charge is 0.179 e. The van der Waals surface area contributed by atoms with Gasteiger partial charge in [0.05, 0.1) is 10.6 Å². The summed E-state index contributed by atoms with van der Waals surface area (Å²) in [7, 11) is -3.16. The van der Waals surface area contributed by atoms with Gasteiger partial charge in [0.1, 0.15) is 0 Å². The van der Waals surface area contributed by atoms with Crippen molar-refractivity contribution in [2.45, 2.75) is 29.6 Å². The maximum atomic E-state index is 12.0. The largest absolute Gasteiger partial charge is 0.396 e. The molecule has 17 heavy (non-hydrogen) atoms. The average molecular weight is 274 g/mol. The molecule has 1 aromatic rings. The van der Waals surface area contributed by atoms with Crippen molar-refractivity contribution in [3.05, 3.63) is 24.3 Å². The third kappa shape index (κ3) is 4.33. The Morgan fingerprint density at radius 3 is 2.65 bits per heavy atom. The lowest BCUT2D eigenvalue weighted by molar-refractivity contribution is 0.296. The Labute approximate surface area is 107 Å². The van der Waals surface area contributed by atoms with Gasteiger partial charge in [-0.05, 0) is 25.0 Å². The zero-order valence-electron chi connectivity index (χ0n) is 9.93. The number of rotatable bonds is 7. The molecule has 0 bridgehead atoms. The highest BCUT2D eigenvalue weighted by atomic mass is 32.2. The van der Waals surface area contributed by atoms with Crippen molar-refractivity contribution in [3.63, 3.8) is 0 Å². The minimum atomic E-state index is -3.16. The second kappa shape index (κ2) is 7.03. The predicted molar refractivity (Wildman–Crippen MR) is 71.2 cm³/mol. The van der Waals surface area contributed by atoms with Crippen LogP contribution in [-0.4, -0.2) is 31.6 Å². The number of hydrogen-bond acceptors (Lipinski definition) is 4. The van der Waals surface area contributed by atoms with Gasteiger partial charge in [-0.1, -0.05) is 19.1 Å². The number of aliphatic hydroxyl groups is 1. The molecule has 1 aromatic carbocycles. The number of aliphatic hydroxyl groups excluding tert-OH is 1. The van der Waals surface area contributed by atoms with E-state index in [1.807, 2.05) is 19.1 Å². The zero-order chi connectivity index (χ0) is 12.7.